The quantitative estimate of drug-likeness (QED) is 0.817. The minimum absolute atomic E-state index is 0.0770. The number of carbonyl (C=O) groups is 1. The van der Waals surface area contributed by atoms with Gasteiger partial charge in [0.15, 0.2) is 0 Å². The van der Waals surface area contributed by atoms with Gasteiger partial charge in [-0.15, -0.1) is 11.8 Å². The molecule has 0 unspecified atom stereocenters. The molecule has 7 nitrogen and oxygen atoms in total. The molecular formula is C19H24N6OS. The summed E-state index contributed by atoms with van der Waals surface area (Å²) in [6.45, 7) is 5.23. The highest BCUT2D eigenvalue weighted by Crippen LogP contribution is 2.36. The second-order valence-electron chi connectivity index (χ2n) is 6.96. The van der Waals surface area contributed by atoms with E-state index in [1.54, 1.807) is 11.8 Å². The molecule has 0 spiro atoms. The van der Waals surface area contributed by atoms with Crippen LogP contribution >= 0.6 is 11.8 Å². The highest BCUT2D eigenvalue weighted by Gasteiger charge is 2.36. The van der Waals surface area contributed by atoms with Crippen molar-refractivity contribution in [1.82, 2.24) is 24.6 Å². The SMILES string of the molecule is CSc1ccc([C@@H]2C(C(=O)N3CCN(C)CC3)=C(C)Nc3ncnn32)cc1. The second kappa shape index (κ2) is 7.36. The summed E-state index contributed by atoms with van der Waals surface area (Å²) in [5.74, 6) is 0.745. The number of piperazine rings is 1. The van der Waals surface area contributed by atoms with E-state index in [0.29, 0.717) is 5.95 Å². The number of likely N-dealkylation sites (N-methyl/N-ethyl adjacent to an activating group) is 1. The maximum absolute atomic E-state index is 13.5. The summed E-state index contributed by atoms with van der Waals surface area (Å²) in [7, 11) is 2.09. The van der Waals surface area contributed by atoms with Crippen molar-refractivity contribution in [1.29, 1.82) is 0 Å². The van der Waals surface area contributed by atoms with Crippen molar-refractivity contribution >= 4 is 23.6 Å². The van der Waals surface area contributed by atoms with Gasteiger partial charge in [0.05, 0.1) is 5.57 Å². The molecule has 1 atom stereocenters. The van der Waals surface area contributed by atoms with Gasteiger partial charge < -0.3 is 15.1 Å². The van der Waals surface area contributed by atoms with Crippen molar-refractivity contribution in [2.24, 2.45) is 0 Å². The number of aromatic nitrogens is 3. The lowest BCUT2D eigenvalue weighted by molar-refractivity contribution is -0.129. The van der Waals surface area contributed by atoms with E-state index in [2.05, 4.69) is 57.9 Å². The van der Waals surface area contributed by atoms with E-state index in [-0.39, 0.29) is 11.9 Å². The molecule has 1 N–H and O–H groups in total. The first kappa shape index (κ1) is 18.1. The summed E-state index contributed by atoms with van der Waals surface area (Å²) in [6.07, 6.45) is 3.59. The van der Waals surface area contributed by atoms with Crippen molar-refractivity contribution < 1.29 is 4.79 Å². The largest absolute Gasteiger partial charge is 0.336 e. The van der Waals surface area contributed by atoms with Crippen molar-refractivity contribution in [3.63, 3.8) is 0 Å². The summed E-state index contributed by atoms with van der Waals surface area (Å²) in [4.78, 5) is 23.1. The summed E-state index contributed by atoms with van der Waals surface area (Å²) >= 11 is 1.70. The Hall–Kier alpha value is -2.32. The van der Waals surface area contributed by atoms with Gasteiger partial charge in [-0.3, -0.25) is 4.79 Å². The third-order valence-corrected chi connectivity index (χ3v) is 5.99. The fraction of sp³-hybridized carbons (Fsp3) is 0.421. The molecule has 0 aliphatic carbocycles. The lowest BCUT2D eigenvalue weighted by Gasteiger charge is -2.36. The summed E-state index contributed by atoms with van der Waals surface area (Å²) in [5.41, 5.74) is 2.63. The Morgan fingerprint density at radius 3 is 2.56 bits per heavy atom. The zero-order chi connectivity index (χ0) is 19.0. The fourth-order valence-corrected chi connectivity index (χ4v) is 4.05. The molecule has 1 aromatic carbocycles. The van der Waals surface area contributed by atoms with Crippen LogP contribution in [0.25, 0.3) is 0 Å². The number of anilines is 1. The predicted octanol–water partition coefficient (Wildman–Crippen LogP) is 2.06. The molecule has 1 fully saturated rings. The van der Waals surface area contributed by atoms with Crippen LogP contribution in [0, 0.1) is 0 Å². The summed E-state index contributed by atoms with van der Waals surface area (Å²) in [5, 5.41) is 7.65. The van der Waals surface area contributed by atoms with Crippen LogP contribution in [0.1, 0.15) is 18.5 Å². The van der Waals surface area contributed by atoms with Crippen molar-refractivity contribution in [2.75, 3.05) is 44.8 Å². The van der Waals surface area contributed by atoms with E-state index >= 15 is 0 Å². The molecule has 1 amide bonds. The smallest absolute Gasteiger partial charge is 0.254 e. The monoisotopic (exact) mass is 384 g/mol. The average molecular weight is 385 g/mol. The highest BCUT2D eigenvalue weighted by molar-refractivity contribution is 7.98. The maximum atomic E-state index is 13.5. The van der Waals surface area contributed by atoms with Crippen molar-refractivity contribution in [2.45, 2.75) is 17.9 Å². The molecule has 4 rings (SSSR count). The minimum Gasteiger partial charge on any atom is -0.336 e. The molecule has 8 heteroatoms. The Kier molecular flexibility index (Phi) is 4.92. The molecule has 1 saturated heterocycles. The van der Waals surface area contributed by atoms with Gasteiger partial charge in [-0.25, -0.2) is 4.68 Å². The number of hydrogen-bond donors (Lipinski definition) is 1. The Labute approximate surface area is 163 Å². The van der Waals surface area contributed by atoms with Crippen LogP contribution in [0.15, 0.2) is 46.8 Å². The van der Waals surface area contributed by atoms with E-state index < -0.39 is 0 Å². The first-order valence-corrected chi connectivity index (χ1v) is 10.3. The van der Waals surface area contributed by atoms with Crippen molar-refractivity contribution in [3.05, 3.63) is 47.4 Å². The molecular weight excluding hydrogens is 360 g/mol. The van der Waals surface area contributed by atoms with Crippen LogP contribution in [0.4, 0.5) is 5.95 Å². The van der Waals surface area contributed by atoms with Crippen LogP contribution in [0.3, 0.4) is 0 Å². The number of hydrogen-bond acceptors (Lipinski definition) is 6. The second-order valence-corrected chi connectivity index (χ2v) is 7.84. The fourth-order valence-electron chi connectivity index (χ4n) is 3.64. The number of rotatable bonds is 3. The molecule has 2 aromatic rings. The molecule has 0 bridgehead atoms. The van der Waals surface area contributed by atoms with Gasteiger partial charge in [-0.2, -0.15) is 10.1 Å². The number of carbonyl (C=O) groups excluding carboxylic acids is 1. The predicted molar refractivity (Wildman–Crippen MR) is 107 cm³/mol. The van der Waals surface area contributed by atoms with Gasteiger partial charge in [-0.05, 0) is 37.9 Å². The molecule has 27 heavy (non-hydrogen) atoms. The van der Waals surface area contributed by atoms with Crippen LogP contribution in [-0.2, 0) is 4.79 Å². The van der Waals surface area contributed by atoms with E-state index in [9.17, 15) is 4.79 Å². The normalized spacial score (nSPS) is 20.4. The van der Waals surface area contributed by atoms with Crippen molar-refractivity contribution in [3.8, 4) is 0 Å². The molecule has 1 aromatic heterocycles. The van der Waals surface area contributed by atoms with Gasteiger partial charge in [-0.1, -0.05) is 12.1 Å². The third kappa shape index (κ3) is 3.35. The van der Waals surface area contributed by atoms with E-state index in [0.717, 1.165) is 43.0 Å². The zero-order valence-corrected chi connectivity index (χ0v) is 16.7. The standard InChI is InChI=1S/C19H24N6OS/c1-13-16(18(26)24-10-8-23(2)9-11-24)17(25-19(22-13)20-12-21-25)14-4-6-15(27-3)7-5-14/h4-7,12,17H,8-11H2,1-3H3,(H,20,21,22)/t17-/m1/s1. The lowest BCUT2D eigenvalue weighted by atomic mass is 9.94. The van der Waals surface area contributed by atoms with Crippen LogP contribution < -0.4 is 5.32 Å². The zero-order valence-electron chi connectivity index (χ0n) is 15.8. The Bertz CT molecular complexity index is 867. The first-order valence-electron chi connectivity index (χ1n) is 9.07. The van der Waals surface area contributed by atoms with Gasteiger partial charge >= 0.3 is 0 Å². The van der Waals surface area contributed by atoms with Gasteiger partial charge in [0.1, 0.15) is 12.4 Å². The molecule has 2 aliphatic rings. The molecule has 2 aliphatic heterocycles. The van der Waals surface area contributed by atoms with E-state index in [1.807, 2.05) is 16.5 Å². The number of nitrogens with zero attached hydrogens (tertiary/aromatic N) is 5. The average Bonchev–Trinajstić information content (AvgIpc) is 3.15. The van der Waals surface area contributed by atoms with Gasteiger partial charge in [0.25, 0.3) is 5.91 Å². The minimum atomic E-state index is -0.271. The van der Waals surface area contributed by atoms with Gasteiger partial charge in [0.2, 0.25) is 5.95 Å². The third-order valence-electron chi connectivity index (χ3n) is 5.25. The number of fused-ring (bicyclic) bond motifs is 1. The maximum Gasteiger partial charge on any atom is 0.254 e. The number of thioether (sulfide) groups is 1. The summed E-state index contributed by atoms with van der Waals surface area (Å²) in [6, 6.07) is 8.07. The van der Waals surface area contributed by atoms with Crippen LogP contribution in [0.2, 0.25) is 0 Å². The number of benzene rings is 1. The summed E-state index contributed by atoms with van der Waals surface area (Å²) < 4.78 is 1.81. The van der Waals surface area contributed by atoms with Crippen LogP contribution in [0.5, 0.6) is 0 Å². The highest BCUT2D eigenvalue weighted by atomic mass is 32.2. The molecule has 3 heterocycles. The number of amides is 1. The van der Waals surface area contributed by atoms with Gasteiger partial charge in [0, 0.05) is 36.8 Å². The Morgan fingerprint density at radius 1 is 1.19 bits per heavy atom. The number of nitrogens with one attached hydrogen (secondary N) is 1. The molecule has 0 radical (unpaired) electrons. The topological polar surface area (TPSA) is 66.3 Å². The molecule has 142 valence electrons. The Balaban J connectivity index is 1.73. The first-order chi connectivity index (χ1) is 13.1. The van der Waals surface area contributed by atoms with Crippen LogP contribution in [-0.4, -0.2) is 70.0 Å². The molecule has 0 saturated carbocycles. The van der Waals surface area contributed by atoms with E-state index in [4.69, 9.17) is 0 Å². The van der Waals surface area contributed by atoms with E-state index in [1.165, 1.54) is 11.2 Å². The Morgan fingerprint density at radius 2 is 1.89 bits per heavy atom. The number of allylic oxidation sites excluding steroid dienone is 1. The lowest BCUT2D eigenvalue weighted by Crippen LogP contribution is -2.49.